The van der Waals surface area contributed by atoms with Crippen molar-refractivity contribution in [2.45, 2.75) is 47.0 Å². The number of hydrogen-bond donors (Lipinski definition) is 0. The van der Waals surface area contributed by atoms with Crippen LogP contribution in [0.25, 0.3) is 16.3 Å². The third-order valence-electron chi connectivity index (χ3n) is 4.18. The molecule has 0 spiro atoms. The minimum absolute atomic E-state index is 0.267. The van der Waals surface area contributed by atoms with Gasteiger partial charge in [0.25, 0.3) is 0 Å². The number of thiophene rings is 1. The first-order chi connectivity index (χ1) is 11.5. The molecule has 0 saturated heterocycles. The maximum Gasteiger partial charge on any atom is 0.144 e. The number of aromatic nitrogens is 1. The molecule has 24 heavy (non-hydrogen) atoms. The highest BCUT2D eigenvalue weighted by Crippen LogP contribution is 2.36. The van der Waals surface area contributed by atoms with Gasteiger partial charge in [0.05, 0.1) is 0 Å². The summed E-state index contributed by atoms with van der Waals surface area (Å²) in [4.78, 5) is 5.37. The largest absolute Gasteiger partial charge is 0.253 e. The van der Waals surface area contributed by atoms with Crippen molar-refractivity contribution in [3.05, 3.63) is 58.8 Å². The molecule has 0 aliphatic heterocycles. The van der Waals surface area contributed by atoms with Gasteiger partial charge in [-0.05, 0) is 80.7 Å². The van der Waals surface area contributed by atoms with Gasteiger partial charge in [0, 0.05) is 16.6 Å². The molecule has 2 aromatic rings. The van der Waals surface area contributed by atoms with Gasteiger partial charge in [0.15, 0.2) is 0 Å². The van der Waals surface area contributed by atoms with E-state index in [9.17, 15) is 4.39 Å². The summed E-state index contributed by atoms with van der Waals surface area (Å²) in [5.74, 6) is 0.654. The Morgan fingerprint density at radius 2 is 2.08 bits per heavy atom. The lowest BCUT2D eigenvalue weighted by molar-refractivity contribution is 0.749. The summed E-state index contributed by atoms with van der Waals surface area (Å²) in [5.41, 5.74) is 5.05. The van der Waals surface area contributed by atoms with Crippen molar-refractivity contribution < 1.29 is 4.39 Å². The van der Waals surface area contributed by atoms with Crippen molar-refractivity contribution in [2.24, 2.45) is 5.92 Å². The molecule has 1 aliphatic carbocycles. The van der Waals surface area contributed by atoms with Crippen molar-refractivity contribution in [3.63, 3.8) is 0 Å². The van der Waals surface area contributed by atoms with Crippen LogP contribution in [0.2, 0.25) is 0 Å². The van der Waals surface area contributed by atoms with Crippen LogP contribution in [0.5, 0.6) is 0 Å². The summed E-state index contributed by atoms with van der Waals surface area (Å²) in [6, 6.07) is 4.10. The Hall–Kier alpha value is -1.74. The first-order valence-electron chi connectivity index (χ1n) is 8.48. The van der Waals surface area contributed by atoms with Crippen molar-refractivity contribution >= 4 is 17.2 Å². The number of rotatable bonds is 4. The van der Waals surface area contributed by atoms with Crippen molar-refractivity contribution in [2.75, 3.05) is 0 Å². The Bertz CT molecular complexity index is 738. The Balaban J connectivity index is 0.000000249. The lowest BCUT2D eigenvalue weighted by Gasteiger charge is -2.04. The quantitative estimate of drug-likeness (QED) is 0.538. The van der Waals surface area contributed by atoms with Gasteiger partial charge in [-0.2, -0.15) is 0 Å². The van der Waals surface area contributed by atoms with E-state index < -0.39 is 0 Å². The maximum atomic E-state index is 13.5. The van der Waals surface area contributed by atoms with E-state index in [1.807, 2.05) is 13.0 Å². The van der Waals surface area contributed by atoms with Crippen LogP contribution in [0.1, 0.15) is 49.9 Å². The van der Waals surface area contributed by atoms with Gasteiger partial charge in [-0.15, -0.1) is 11.3 Å². The Morgan fingerprint density at radius 3 is 2.50 bits per heavy atom. The molecule has 128 valence electrons. The van der Waals surface area contributed by atoms with E-state index in [1.54, 1.807) is 24.5 Å². The van der Waals surface area contributed by atoms with Gasteiger partial charge in [0.1, 0.15) is 11.5 Å². The van der Waals surface area contributed by atoms with Gasteiger partial charge in [0.2, 0.25) is 0 Å². The molecular weight excluding hydrogens is 317 g/mol. The highest BCUT2D eigenvalue weighted by molar-refractivity contribution is 7.13. The minimum Gasteiger partial charge on any atom is -0.253 e. The van der Waals surface area contributed by atoms with E-state index in [-0.39, 0.29) is 5.83 Å². The molecule has 1 aliphatic rings. The van der Waals surface area contributed by atoms with E-state index in [1.165, 1.54) is 41.4 Å². The maximum absolute atomic E-state index is 13.5. The van der Waals surface area contributed by atoms with Crippen LogP contribution in [0.3, 0.4) is 0 Å². The van der Waals surface area contributed by atoms with E-state index in [0.29, 0.717) is 5.69 Å². The third-order valence-corrected chi connectivity index (χ3v) is 5.28. The van der Waals surface area contributed by atoms with E-state index in [0.717, 1.165) is 17.0 Å². The van der Waals surface area contributed by atoms with Crippen molar-refractivity contribution in [1.82, 2.24) is 4.98 Å². The summed E-state index contributed by atoms with van der Waals surface area (Å²) in [6.45, 7) is 11.7. The molecule has 2 aromatic heterocycles. The molecule has 3 rings (SSSR count). The van der Waals surface area contributed by atoms with Gasteiger partial charge in [-0.1, -0.05) is 19.1 Å². The van der Waals surface area contributed by atoms with Crippen LogP contribution in [0.15, 0.2) is 41.9 Å². The van der Waals surface area contributed by atoms with E-state index in [4.69, 9.17) is 0 Å². The Labute approximate surface area is 149 Å². The van der Waals surface area contributed by atoms with E-state index in [2.05, 4.69) is 36.9 Å². The van der Waals surface area contributed by atoms with Crippen LogP contribution in [0, 0.1) is 19.8 Å². The molecule has 3 heteroatoms. The van der Waals surface area contributed by atoms with Crippen molar-refractivity contribution in [1.29, 1.82) is 0 Å². The molecule has 0 aromatic carbocycles. The molecule has 1 nitrogen and oxygen atoms in total. The lowest BCUT2D eigenvalue weighted by atomic mass is 10.1. The zero-order valence-electron chi connectivity index (χ0n) is 15.0. The molecule has 0 unspecified atom stereocenters. The molecule has 2 heterocycles. The Kier molecular flexibility index (Phi) is 6.50. The fourth-order valence-corrected chi connectivity index (χ4v) is 3.34. The van der Waals surface area contributed by atoms with Crippen LogP contribution in [0.4, 0.5) is 4.39 Å². The number of aryl methyl sites for hydroxylation is 2. The average molecular weight is 344 g/mol. The monoisotopic (exact) mass is 343 g/mol. The molecule has 1 fully saturated rings. The fraction of sp³-hybridized carbons (Fsp3) is 0.381. The average Bonchev–Trinajstić information content (AvgIpc) is 3.35. The van der Waals surface area contributed by atoms with Gasteiger partial charge < -0.3 is 0 Å². The van der Waals surface area contributed by atoms with Gasteiger partial charge in [-0.25, -0.2) is 4.39 Å². The first-order valence-corrected chi connectivity index (χ1v) is 9.36. The summed E-state index contributed by atoms with van der Waals surface area (Å²) in [7, 11) is 0. The second-order valence-electron chi connectivity index (χ2n) is 6.30. The molecule has 0 bridgehead atoms. The molecule has 0 amide bonds. The number of hydrogen-bond acceptors (Lipinski definition) is 2. The van der Waals surface area contributed by atoms with Crippen LogP contribution in [-0.4, -0.2) is 4.98 Å². The summed E-state index contributed by atoms with van der Waals surface area (Å²) in [5, 5.41) is 2.10. The molecular formula is C21H26FNS. The van der Waals surface area contributed by atoms with Crippen LogP contribution >= 0.6 is 11.3 Å². The number of allylic oxidation sites excluding steroid dienone is 2. The SMILES string of the molecule is C/C=C(/F)c1ncc(-c2cc(C)cs2)cc1C.C=C(CC)C1CC1. The number of pyridine rings is 1. The highest BCUT2D eigenvalue weighted by Gasteiger charge is 2.22. The predicted octanol–water partition coefficient (Wildman–Crippen LogP) is 7.12. The van der Waals surface area contributed by atoms with Crippen molar-refractivity contribution in [3.8, 4) is 10.4 Å². The minimum atomic E-state index is -0.267. The molecule has 0 radical (unpaired) electrons. The van der Waals surface area contributed by atoms with Crippen LogP contribution in [-0.2, 0) is 0 Å². The molecule has 0 atom stereocenters. The molecule has 0 N–H and O–H groups in total. The van der Waals surface area contributed by atoms with Gasteiger partial charge >= 0.3 is 0 Å². The summed E-state index contributed by atoms with van der Waals surface area (Å²) in [6.07, 6.45) is 7.17. The summed E-state index contributed by atoms with van der Waals surface area (Å²) < 4.78 is 13.5. The third kappa shape index (κ3) is 4.88. The van der Waals surface area contributed by atoms with Gasteiger partial charge in [-0.3, -0.25) is 4.98 Å². The number of nitrogens with zero attached hydrogens (tertiary/aromatic N) is 1. The number of halogens is 1. The zero-order chi connectivity index (χ0) is 17.7. The second-order valence-corrected chi connectivity index (χ2v) is 7.21. The van der Waals surface area contributed by atoms with Crippen LogP contribution < -0.4 is 0 Å². The Morgan fingerprint density at radius 1 is 1.38 bits per heavy atom. The lowest BCUT2D eigenvalue weighted by Crippen LogP contribution is -1.90. The smallest absolute Gasteiger partial charge is 0.144 e. The topological polar surface area (TPSA) is 12.9 Å². The predicted molar refractivity (Wildman–Crippen MR) is 104 cm³/mol. The fourth-order valence-electron chi connectivity index (χ4n) is 2.46. The molecule has 1 saturated carbocycles. The second kappa shape index (κ2) is 8.39. The first kappa shape index (κ1) is 18.6. The summed E-state index contributed by atoms with van der Waals surface area (Å²) >= 11 is 1.68. The normalized spacial score (nSPS) is 14.1. The standard InChI is InChI=1S/C14H14FNS.C7H12/c1-4-12(15)14-10(3)6-11(7-16-14)13-5-9(2)8-17-13;1-3-6(2)7-4-5-7/h4-8H,1-3H3;7H,2-5H2,1H3/b12-4+;. The van der Waals surface area contributed by atoms with E-state index >= 15 is 0 Å². The zero-order valence-corrected chi connectivity index (χ0v) is 15.8. The highest BCUT2D eigenvalue weighted by atomic mass is 32.1.